The van der Waals surface area contributed by atoms with Crippen molar-refractivity contribution in [2.75, 3.05) is 18.4 Å². The Hall–Kier alpha value is -3.63. The van der Waals surface area contributed by atoms with Crippen molar-refractivity contribution >= 4 is 23.2 Å². The number of carbonyl (C=O) groups excluding carboxylic acids is 1. The van der Waals surface area contributed by atoms with Crippen molar-refractivity contribution in [1.29, 1.82) is 0 Å². The number of anilines is 1. The van der Waals surface area contributed by atoms with Gasteiger partial charge in [-0.05, 0) is 35.3 Å². The first kappa shape index (κ1) is 19.1. The largest absolute Gasteiger partial charge is 0.416 e. The van der Waals surface area contributed by atoms with Crippen LogP contribution in [0.15, 0.2) is 48.7 Å². The van der Waals surface area contributed by atoms with E-state index in [-0.39, 0.29) is 30.3 Å². The Labute approximate surface area is 156 Å². The molecule has 0 saturated heterocycles. The molecular weight excluding hydrogens is 379 g/mol. The van der Waals surface area contributed by atoms with Crippen LogP contribution in [0, 0.1) is 10.1 Å². The number of nitrogens with one attached hydrogen (secondary N) is 2. The lowest BCUT2D eigenvalue weighted by Crippen LogP contribution is -2.29. The number of fused-ring (bicyclic) bond motifs is 1. The van der Waals surface area contributed by atoms with E-state index in [9.17, 15) is 28.1 Å². The summed E-state index contributed by atoms with van der Waals surface area (Å²) in [5.41, 5.74) is -0.373. The first-order valence-corrected chi connectivity index (χ1v) is 8.08. The first-order valence-electron chi connectivity index (χ1n) is 8.08. The highest BCUT2D eigenvalue weighted by Crippen LogP contribution is 2.29. The van der Waals surface area contributed by atoms with Gasteiger partial charge in [0, 0.05) is 24.7 Å². The molecule has 0 radical (unpaired) electrons. The van der Waals surface area contributed by atoms with Crippen LogP contribution >= 0.6 is 0 Å². The molecule has 0 aliphatic carbocycles. The number of pyridine rings is 1. The van der Waals surface area contributed by atoms with Crippen LogP contribution in [0.3, 0.4) is 0 Å². The van der Waals surface area contributed by atoms with Crippen LogP contribution in [-0.4, -0.2) is 33.3 Å². The number of amides is 1. The molecule has 2 heterocycles. The van der Waals surface area contributed by atoms with Crippen molar-refractivity contribution in [3.05, 3.63) is 69.9 Å². The minimum absolute atomic E-state index is 0.0555. The zero-order valence-corrected chi connectivity index (χ0v) is 14.2. The molecule has 1 aromatic carbocycles. The van der Waals surface area contributed by atoms with E-state index in [0.29, 0.717) is 5.65 Å². The van der Waals surface area contributed by atoms with Crippen molar-refractivity contribution < 1.29 is 22.9 Å². The summed E-state index contributed by atoms with van der Waals surface area (Å²) >= 11 is 0. The number of nitro groups is 1. The summed E-state index contributed by atoms with van der Waals surface area (Å²) in [5.74, 6) is -0.732. The molecule has 28 heavy (non-hydrogen) atoms. The molecule has 0 fully saturated rings. The number of hydrogen-bond donors (Lipinski definition) is 2. The van der Waals surface area contributed by atoms with Gasteiger partial charge in [0.1, 0.15) is 0 Å². The van der Waals surface area contributed by atoms with Gasteiger partial charge in [0.05, 0.1) is 11.8 Å². The van der Waals surface area contributed by atoms with E-state index in [1.54, 1.807) is 18.2 Å². The van der Waals surface area contributed by atoms with Gasteiger partial charge in [-0.15, -0.1) is 0 Å². The summed E-state index contributed by atoms with van der Waals surface area (Å²) in [6, 6.07) is 8.76. The molecule has 146 valence electrons. The number of nitrogens with zero attached hydrogens (tertiary/aromatic N) is 3. The summed E-state index contributed by atoms with van der Waals surface area (Å²) in [4.78, 5) is 26.8. The molecule has 0 aliphatic heterocycles. The molecule has 3 rings (SSSR count). The topological polar surface area (TPSA) is 102 Å². The summed E-state index contributed by atoms with van der Waals surface area (Å²) in [5, 5.41) is 16.6. The van der Waals surface area contributed by atoms with E-state index < -0.39 is 22.6 Å². The predicted octanol–water partition coefficient (Wildman–Crippen LogP) is 3.10. The Bertz CT molecular complexity index is 1020. The first-order chi connectivity index (χ1) is 13.3. The number of rotatable bonds is 6. The Balaban J connectivity index is 1.59. The standard InChI is InChI=1S/C17H14F3N5O3/c18-17(19,20)12-6-4-11(5-7-12)15(26)22-9-8-21-14-16(25(27)28)24-10-2-1-3-13(24)23-14/h1-7,10,21H,8-9H2,(H,22,26). The van der Waals surface area contributed by atoms with E-state index in [4.69, 9.17) is 0 Å². The fourth-order valence-corrected chi connectivity index (χ4v) is 2.55. The Kier molecular flexibility index (Phi) is 5.16. The van der Waals surface area contributed by atoms with E-state index in [2.05, 4.69) is 15.6 Å². The summed E-state index contributed by atoms with van der Waals surface area (Å²) in [6.07, 6.45) is -2.96. The van der Waals surface area contributed by atoms with Gasteiger partial charge >= 0.3 is 12.0 Å². The minimum atomic E-state index is -4.47. The van der Waals surface area contributed by atoms with Gasteiger partial charge in [0.25, 0.3) is 5.91 Å². The maximum atomic E-state index is 12.5. The molecule has 0 spiro atoms. The third-order valence-electron chi connectivity index (χ3n) is 3.86. The van der Waals surface area contributed by atoms with Gasteiger partial charge in [0.2, 0.25) is 11.5 Å². The number of halogens is 3. The SMILES string of the molecule is O=C(NCCNc1nc2ccccn2c1[N+](=O)[O-])c1ccc(C(F)(F)F)cc1. The molecule has 8 nitrogen and oxygen atoms in total. The van der Waals surface area contributed by atoms with Gasteiger partial charge in [0.15, 0.2) is 0 Å². The van der Waals surface area contributed by atoms with E-state index in [0.717, 1.165) is 24.3 Å². The average Bonchev–Trinajstić information content (AvgIpc) is 3.03. The van der Waals surface area contributed by atoms with Crippen molar-refractivity contribution in [3.8, 4) is 0 Å². The Morgan fingerprint density at radius 2 is 1.86 bits per heavy atom. The highest BCUT2D eigenvalue weighted by molar-refractivity contribution is 5.94. The fourth-order valence-electron chi connectivity index (χ4n) is 2.55. The monoisotopic (exact) mass is 393 g/mol. The fraction of sp³-hybridized carbons (Fsp3) is 0.176. The lowest BCUT2D eigenvalue weighted by molar-refractivity contribution is -0.389. The number of imidazole rings is 1. The summed E-state index contributed by atoms with van der Waals surface area (Å²) < 4.78 is 38.9. The highest BCUT2D eigenvalue weighted by Gasteiger charge is 2.30. The minimum Gasteiger partial charge on any atom is -0.361 e. The molecule has 3 aromatic rings. The molecule has 1 amide bonds. The van der Waals surface area contributed by atoms with Crippen LogP contribution in [-0.2, 0) is 6.18 Å². The molecule has 0 bridgehead atoms. The van der Waals surface area contributed by atoms with Crippen LogP contribution in [0.4, 0.5) is 24.8 Å². The third-order valence-corrected chi connectivity index (χ3v) is 3.86. The highest BCUT2D eigenvalue weighted by atomic mass is 19.4. The van der Waals surface area contributed by atoms with Crippen LogP contribution in [0.2, 0.25) is 0 Å². The van der Waals surface area contributed by atoms with Gasteiger partial charge in [-0.3, -0.25) is 4.79 Å². The van der Waals surface area contributed by atoms with Gasteiger partial charge < -0.3 is 20.7 Å². The van der Waals surface area contributed by atoms with Crippen LogP contribution in [0.25, 0.3) is 5.65 Å². The molecular formula is C17H14F3N5O3. The average molecular weight is 393 g/mol. The number of carbonyl (C=O) groups is 1. The summed E-state index contributed by atoms with van der Waals surface area (Å²) in [6.45, 7) is 0.224. The quantitative estimate of drug-likeness (QED) is 0.381. The van der Waals surface area contributed by atoms with Crippen molar-refractivity contribution in [2.24, 2.45) is 0 Å². The molecule has 2 aromatic heterocycles. The van der Waals surface area contributed by atoms with Crippen LogP contribution in [0.1, 0.15) is 15.9 Å². The van der Waals surface area contributed by atoms with Crippen molar-refractivity contribution in [3.63, 3.8) is 0 Å². The molecule has 11 heteroatoms. The smallest absolute Gasteiger partial charge is 0.361 e. The number of aromatic nitrogens is 2. The van der Waals surface area contributed by atoms with Gasteiger partial charge in [-0.2, -0.15) is 22.6 Å². The second-order valence-electron chi connectivity index (χ2n) is 5.73. The van der Waals surface area contributed by atoms with E-state index in [1.165, 1.54) is 10.6 Å². The molecule has 2 N–H and O–H groups in total. The molecule has 0 aliphatic rings. The molecule has 0 saturated carbocycles. The normalized spacial score (nSPS) is 11.4. The lowest BCUT2D eigenvalue weighted by atomic mass is 10.1. The van der Waals surface area contributed by atoms with Gasteiger partial charge in [-0.1, -0.05) is 6.07 Å². The van der Waals surface area contributed by atoms with E-state index >= 15 is 0 Å². The third kappa shape index (κ3) is 4.03. The maximum absolute atomic E-state index is 12.5. The lowest BCUT2D eigenvalue weighted by Gasteiger charge is -2.08. The zero-order valence-electron chi connectivity index (χ0n) is 14.2. The number of alkyl halides is 3. The number of hydrogen-bond acceptors (Lipinski definition) is 5. The second kappa shape index (κ2) is 7.55. The van der Waals surface area contributed by atoms with Crippen LogP contribution < -0.4 is 10.6 Å². The van der Waals surface area contributed by atoms with Crippen molar-refractivity contribution in [2.45, 2.75) is 6.18 Å². The van der Waals surface area contributed by atoms with Crippen LogP contribution in [0.5, 0.6) is 0 Å². The van der Waals surface area contributed by atoms with E-state index in [1.807, 2.05) is 0 Å². The summed E-state index contributed by atoms with van der Waals surface area (Å²) in [7, 11) is 0. The Morgan fingerprint density at radius 3 is 2.50 bits per heavy atom. The second-order valence-corrected chi connectivity index (χ2v) is 5.73. The Morgan fingerprint density at radius 1 is 1.14 bits per heavy atom. The molecule has 0 atom stereocenters. The number of benzene rings is 1. The maximum Gasteiger partial charge on any atom is 0.416 e. The predicted molar refractivity (Wildman–Crippen MR) is 94.1 cm³/mol. The zero-order chi connectivity index (χ0) is 20.3. The van der Waals surface area contributed by atoms with Gasteiger partial charge in [-0.25, -0.2) is 0 Å². The van der Waals surface area contributed by atoms with Crippen molar-refractivity contribution in [1.82, 2.24) is 14.7 Å². The molecule has 0 unspecified atom stereocenters.